The molecule has 3 aromatic carbocycles. The molecule has 0 saturated carbocycles. The molecule has 0 aliphatic carbocycles. The number of carbonyl (C=O) groups is 1. The summed E-state index contributed by atoms with van der Waals surface area (Å²) in [6, 6.07) is 19.8. The first kappa shape index (κ1) is 24.9. The summed E-state index contributed by atoms with van der Waals surface area (Å²) >= 11 is 3.38. The van der Waals surface area contributed by atoms with Crippen LogP contribution >= 0.6 is 11.6 Å². The molecule has 0 saturated heterocycles. The van der Waals surface area contributed by atoms with Gasteiger partial charge in [0, 0.05) is 30.1 Å². The molecule has 0 aliphatic heterocycles. The van der Waals surface area contributed by atoms with E-state index in [4.69, 9.17) is 27.1 Å². The molecule has 0 aliphatic rings. The topological polar surface area (TPSA) is 114 Å². The van der Waals surface area contributed by atoms with Crippen molar-refractivity contribution in [2.45, 2.75) is 26.3 Å². The molecule has 182 valence electrons. The minimum atomic E-state index is -2.82. The SMILES string of the molecule is CCc1nc2ccc(Cl)cc2n1-c1ccc(CCOC(=O)N(c2ccc(CN)cc2)S(=O)[O-])cc1. The smallest absolute Gasteiger partial charge is 0.425 e. The molecule has 4 aromatic rings. The number of anilines is 1. The van der Waals surface area contributed by atoms with Crippen LogP contribution in [0.4, 0.5) is 10.5 Å². The number of nitrogens with two attached hydrogens (primary N) is 1. The van der Waals surface area contributed by atoms with Crippen LogP contribution in [0.3, 0.4) is 0 Å². The number of fused-ring (bicyclic) bond motifs is 1. The molecule has 2 N–H and O–H groups in total. The molecule has 1 atom stereocenters. The van der Waals surface area contributed by atoms with E-state index in [1.807, 2.05) is 49.4 Å². The Labute approximate surface area is 210 Å². The highest BCUT2D eigenvalue weighted by atomic mass is 35.5. The Balaban J connectivity index is 1.43. The molecule has 0 fully saturated rings. The highest BCUT2D eigenvalue weighted by molar-refractivity contribution is 7.81. The number of ether oxygens (including phenoxy) is 1. The first-order valence-corrected chi connectivity index (χ1v) is 12.4. The third-order valence-electron chi connectivity index (χ3n) is 5.53. The zero-order valence-corrected chi connectivity index (χ0v) is 20.6. The Hall–Kier alpha value is -3.24. The van der Waals surface area contributed by atoms with E-state index in [0.717, 1.165) is 40.1 Å². The molecule has 10 heteroatoms. The minimum Gasteiger partial charge on any atom is -0.755 e. The van der Waals surface area contributed by atoms with Gasteiger partial charge in [0.15, 0.2) is 0 Å². The van der Waals surface area contributed by atoms with Crippen LogP contribution in [0.15, 0.2) is 66.7 Å². The van der Waals surface area contributed by atoms with Crippen LogP contribution < -0.4 is 10.0 Å². The number of amides is 1. The quantitative estimate of drug-likeness (QED) is 0.343. The van der Waals surface area contributed by atoms with Gasteiger partial charge in [-0.2, -0.15) is 0 Å². The lowest BCUT2D eigenvalue weighted by Crippen LogP contribution is -2.33. The monoisotopic (exact) mass is 511 g/mol. The summed E-state index contributed by atoms with van der Waals surface area (Å²) in [6.07, 6.45) is 0.218. The lowest BCUT2D eigenvalue weighted by molar-refractivity contribution is 0.159. The zero-order chi connectivity index (χ0) is 24.9. The second kappa shape index (κ2) is 11.0. The Morgan fingerprint density at radius 2 is 1.80 bits per heavy atom. The molecule has 1 aromatic heterocycles. The van der Waals surface area contributed by atoms with Crippen LogP contribution in [0.25, 0.3) is 16.7 Å². The van der Waals surface area contributed by atoms with E-state index >= 15 is 0 Å². The van der Waals surface area contributed by atoms with E-state index in [2.05, 4.69) is 4.57 Å². The lowest BCUT2D eigenvalue weighted by atomic mass is 10.1. The number of rotatable bonds is 8. The second-order valence-corrected chi connectivity index (χ2v) is 9.00. The third-order valence-corrected chi connectivity index (χ3v) is 6.43. The van der Waals surface area contributed by atoms with Gasteiger partial charge in [0.05, 0.1) is 34.6 Å². The number of aryl methyl sites for hydroxylation is 1. The Morgan fingerprint density at radius 3 is 2.43 bits per heavy atom. The van der Waals surface area contributed by atoms with Gasteiger partial charge in [0.2, 0.25) is 0 Å². The average Bonchev–Trinajstić information content (AvgIpc) is 3.22. The van der Waals surface area contributed by atoms with Crippen molar-refractivity contribution in [1.29, 1.82) is 0 Å². The maximum Gasteiger partial charge on any atom is 0.425 e. The minimum absolute atomic E-state index is 0.0244. The second-order valence-electron chi connectivity index (χ2n) is 7.76. The van der Waals surface area contributed by atoms with Gasteiger partial charge >= 0.3 is 6.09 Å². The summed E-state index contributed by atoms with van der Waals surface area (Å²) in [5, 5.41) is 0.642. The van der Waals surface area contributed by atoms with Gasteiger partial charge in [-0.1, -0.05) is 42.8 Å². The van der Waals surface area contributed by atoms with Crippen LogP contribution in [-0.4, -0.2) is 31.0 Å². The summed E-state index contributed by atoms with van der Waals surface area (Å²) in [5.41, 5.74) is 10.3. The fourth-order valence-electron chi connectivity index (χ4n) is 3.77. The number of nitrogens with zero attached hydrogens (tertiary/aromatic N) is 3. The Bertz CT molecular complexity index is 1360. The van der Waals surface area contributed by atoms with Gasteiger partial charge in [-0.05, 0) is 53.6 Å². The van der Waals surface area contributed by atoms with E-state index in [9.17, 15) is 13.6 Å². The summed E-state index contributed by atoms with van der Waals surface area (Å²) in [6.45, 7) is 2.39. The third kappa shape index (κ3) is 5.54. The predicted octanol–water partition coefficient (Wildman–Crippen LogP) is 4.68. The first-order valence-electron chi connectivity index (χ1n) is 11.0. The number of hydrogen-bond donors (Lipinski definition) is 1. The number of halogens is 1. The number of carbonyl (C=O) groups excluding carboxylic acids is 1. The number of benzene rings is 3. The Morgan fingerprint density at radius 1 is 1.11 bits per heavy atom. The zero-order valence-electron chi connectivity index (χ0n) is 19.0. The number of hydrogen-bond acceptors (Lipinski definition) is 6. The highest BCUT2D eigenvalue weighted by Crippen LogP contribution is 2.25. The van der Waals surface area contributed by atoms with Crippen molar-refractivity contribution >= 4 is 45.7 Å². The van der Waals surface area contributed by atoms with Gasteiger partial charge in [-0.15, -0.1) is 0 Å². The van der Waals surface area contributed by atoms with Crippen molar-refractivity contribution in [3.8, 4) is 5.69 Å². The fourth-order valence-corrected chi connectivity index (χ4v) is 4.40. The normalized spacial score (nSPS) is 12.0. The van der Waals surface area contributed by atoms with Crippen molar-refractivity contribution in [1.82, 2.24) is 9.55 Å². The van der Waals surface area contributed by atoms with Gasteiger partial charge in [-0.3, -0.25) is 8.78 Å². The molecule has 0 bridgehead atoms. The fraction of sp³-hybridized carbons (Fsp3) is 0.200. The van der Waals surface area contributed by atoms with E-state index in [1.54, 1.807) is 12.1 Å². The molecule has 1 unspecified atom stereocenters. The van der Waals surface area contributed by atoms with Crippen molar-refractivity contribution in [3.63, 3.8) is 0 Å². The van der Waals surface area contributed by atoms with Crippen LogP contribution in [-0.2, 0) is 35.4 Å². The molecule has 1 amide bonds. The van der Waals surface area contributed by atoms with Crippen LogP contribution in [0.2, 0.25) is 5.02 Å². The summed E-state index contributed by atoms with van der Waals surface area (Å²) in [7, 11) is 0. The number of imidazole rings is 1. The van der Waals surface area contributed by atoms with Gasteiger partial charge in [0.1, 0.15) is 5.82 Å². The summed E-state index contributed by atoms with van der Waals surface area (Å²) in [4.78, 5) is 17.1. The van der Waals surface area contributed by atoms with E-state index < -0.39 is 17.4 Å². The molecule has 1 heterocycles. The maximum atomic E-state index is 12.4. The summed E-state index contributed by atoms with van der Waals surface area (Å²) < 4.78 is 31.1. The van der Waals surface area contributed by atoms with Crippen molar-refractivity contribution in [2.75, 3.05) is 10.9 Å². The molecule has 4 rings (SSSR count). The van der Waals surface area contributed by atoms with Crippen LogP contribution in [0.1, 0.15) is 23.9 Å². The van der Waals surface area contributed by atoms with Crippen LogP contribution in [0.5, 0.6) is 0 Å². The van der Waals surface area contributed by atoms with Gasteiger partial charge in [0.25, 0.3) is 0 Å². The van der Waals surface area contributed by atoms with Crippen molar-refractivity contribution in [2.24, 2.45) is 5.73 Å². The lowest BCUT2D eigenvalue weighted by Gasteiger charge is -2.23. The molecule has 0 spiro atoms. The molecule has 35 heavy (non-hydrogen) atoms. The van der Waals surface area contributed by atoms with Crippen molar-refractivity contribution in [3.05, 3.63) is 88.7 Å². The number of aromatic nitrogens is 2. The van der Waals surface area contributed by atoms with E-state index in [-0.39, 0.29) is 12.3 Å². The average molecular weight is 512 g/mol. The molecular formula is C25H24ClN4O4S-. The van der Waals surface area contributed by atoms with Crippen LogP contribution in [0, 0.1) is 0 Å². The first-order chi connectivity index (χ1) is 16.9. The predicted molar refractivity (Wildman–Crippen MR) is 136 cm³/mol. The maximum absolute atomic E-state index is 12.4. The molecule has 0 radical (unpaired) electrons. The van der Waals surface area contributed by atoms with E-state index in [1.165, 1.54) is 12.1 Å². The van der Waals surface area contributed by atoms with Gasteiger partial charge in [-0.25, -0.2) is 14.1 Å². The molecule has 8 nitrogen and oxygen atoms in total. The largest absolute Gasteiger partial charge is 0.755 e. The Kier molecular flexibility index (Phi) is 7.82. The molecular weight excluding hydrogens is 488 g/mol. The van der Waals surface area contributed by atoms with Gasteiger partial charge < -0.3 is 15.0 Å². The highest BCUT2D eigenvalue weighted by Gasteiger charge is 2.18. The van der Waals surface area contributed by atoms with Crippen molar-refractivity contribution < 1.29 is 18.3 Å². The summed E-state index contributed by atoms with van der Waals surface area (Å²) in [5.74, 6) is 0.925. The van der Waals surface area contributed by atoms with E-state index in [0.29, 0.717) is 22.3 Å². The standard InChI is InChI=1S/C25H25ClN4O4S/c1-2-24-28-22-12-7-19(26)15-23(22)29(24)20-8-3-17(4-9-20)13-14-34-25(31)30(35(32)33)21-10-5-18(16-27)6-11-21/h3-12,15H,2,13-14,16,27H2,1H3,(H,32,33)/p-1.